The molecule has 1 unspecified atom stereocenters. The van der Waals surface area contributed by atoms with Crippen molar-refractivity contribution in [2.45, 2.75) is 31.8 Å². The zero-order valence-electron chi connectivity index (χ0n) is 15.6. The van der Waals surface area contributed by atoms with Gasteiger partial charge in [-0.15, -0.1) is 0 Å². The van der Waals surface area contributed by atoms with Crippen molar-refractivity contribution in [2.75, 3.05) is 26.7 Å². The fourth-order valence-electron chi connectivity index (χ4n) is 3.99. The smallest absolute Gasteiger partial charge is 0.266 e. The second-order valence-electron chi connectivity index (χ2n) is 7.57. The molecule has 1 amide bonds. The van der Waals surface area contributed by atoms with Crippen LogP contribution < -0.4 is 5.56 Å². The predicted molar refractivity (Wildman–Crippen MR) is 102 cm³/mol. The van der Waals surface area contributed by atoms with Crippen molar-refractivity contribution >= 4 is 5.91 Å². The molecule has 7 nitrogen and oxygen atoms in total. The van der Waals surface area contributed by atoms with Crippen LogP contribution in [0.15, 0.2) is 41.5 Å². The molecular weight excluding hydrogens is 342 g/mol. The van der Waals surface area contributed by atoms with Gasteiger partial charge in [-0.25, -0.2) is 4.68 Å². The normalized spacial score (nSPS) is 21.7. The maximum atomic E-state index is 12.5. The van der Waals surface area contributed by atoms with E-state index in [2.05, 4.69) is 15.0 Å². The summed E-state index contributed by atoms with van der Waals surface area (Å²) in [6.07, 6.45) is 6.55. The molecule has 142 valence electrons. The Balaban J connectivity index is 1.41. The molecule has 2 saturated heterocycles. The summed E-state index contributed by atoms with van der Waals surface area (Å²) >= 11 is 0. The first kappa shape index (κ1) is 17.9. The molecule has 0 N–H and O–H groups in total. The van der Waals surface area contributed by atoms with E-state index in [9.17, 15) is 9.59 Å². The van der Waals surface area contributed by atoms with Crippen LogP contribution in [0.5, 0.6) is 0 Å². The highest BCUT2D eigenvalue weighted by Crippen LogP contribution is 2.25. The lowest BCUT2D eigenvalue weighted by Crippen LogP contribution is -2.58. The number of likely N-dealkylation sites (tertiary alicyclic amines) is 2. The molecule has 2 fully saturated rings. The first-order valence-electron chi connectivity index (χ1n) is 9.59. The van der Waals surface area contributed by atoms with Crippen LogP contribution in [0, 0.1) is 5.92 Å². The minimum absolute atomic E-state index is 0.00147. The van der Waals surface area contributed by atoms with E-state index in [0.717, 1.165) is 50.2 Å². The summed E-state index contributed by atoms with van der Waals surface area (Å²) in [5, 5.41) is 4.53. The van der Waals surface area contributed by atoms with E-state index in [1.54, 1.807) is 29.2 Å². The molecule has 7 heteroatoms. The molecule has 2 aromatic heterocycles. The van der Waals surface area contributed by atoms with Crippen LogP contribution in [0.4, 0.5) is 0 Å². The van der Waals surface area contributed by atoms with E-state index in [0.29, 0.717) is 12.5 Å². The zero-order valence-corrected chi connectivity index (χ0v) is 15.6. The molecule has 0 aromatic carbocycles. The Morgan fingerprint density at radius 3 is 2.63 bits per heavy atom. The Morgan fingerprint density at radius 2 is 1.85 bits per heavy atom. The molecule has 0 radical (unpaired) electrons. The second-order valence-corrected chi connectivity index (χ2v) is 7.57. The van der Waals surface area contributed by atoms with Gasteiger partial charge >= 0.3 is 0 Å². The summed E-state index contributed by atoms with van der Waals surface area (Å²) in [6.45, 7) is 3.13. The van der Waals surface area contributed by atoms with Crippen molar-refractivity contribution in [3.63, 3.8) is 0 Å². The molecule has 2 aromatic rings. The Hall–Kier alpha value is -2.54. The van der Waals surface area contributed by atoms with Gasteiger partial charge in [0.25, 0.3) is 5.56 Å². The minimum Gasteiger partial charge on any atom is -0.344 e. The zero-order chi connectivity index (χ0) is 18.8. The lowest BCUT2D eigenvalue weighted by molar-refractivity contribution is -0.138. The highest BCUT2D eigenvalue weighted by Gasteiger charge is 2.38. The number of hydrogen-bond donors (Lipinski definition) is 0. The van der Waals surface area contributed by atoms with Gasteiger partial charge in [-0.05, 0) is 37.5 Å². The maximum Gasteiger partial charge on any atom is 0.266 e. The fraction of sp³-hybridized carbons (Fsp3) is 0.500. The molecule has 1 atom stereocenters. The molecule has 0 bridgehead atoms. The fourth-order valence-corrected chi connectivity index (χ4v) is 3.99. The SMILES string of the molecule is CN1CCCCC(N2CC(Cn3nc(-c4ccncc4)ccc3=O)C2)C1=O. The van der Waals surface area contributed by atoms with E-state index in [1.807, 2.05) is 24.1 Å². The summed E-state index contributed by atoms with van der Waals surface area (Å²) in [4.78, 5) is 32.9. The summed E-state index contributed by atoms with van der Waals surface area (Å²) < 4.78 is 1.55. The van der Waals surface area contributed by atoms with E-state index in [4.69, 9.17) is 0 Å². The predicted octanol–water partition coefficient (Wildman–Crippen LogP) is 1.25. The van der Waals surface area contributed by atoms with Gasteiger partial charge in [0, 0.05) is 56.6 Å². The monoisotopic (exact) mass is 367 g/mol. The van der Waals surface area contributed by atoms with E-state index in [1.165, 1.54) is 0 Å². The minimum atomic E-state index is -0.0865. The van der Waals surface area contributed by atoms with E-state index >= 15 is 0 Å². The summed E-state index contributed by atoms with van der Waals surface area (Å²) in [5.74, 6) is 0.588. The Morgan fingerprint density at radius 1 is 1.07 bits per heavy atom. The van der Waals surface area contributed by atoms with Crippen molar-refractivity contribution in [3.8, 4) is 11.3 Å². The van der Waals surface area contributed by atoms with Crippen LogP contribution in [-0.4, -0.2) is 63.2 Å². The van der Waals surface area contributed by atoms with Crippen LogP contribution >= 0.6 is 0 Å². The van der Waals surface area contributed by atoms with Gasteiger partial charge in [0.1, 0.15) is 0 Å². The van der Waals surface area contributed by atoms with Crippen LogP contribution in [0.1, 0.15) is 19.3 Å². The molecule has 0 saturated carbocycles. The first-order chi connectivity index (χ1) is 13.1. The maximum absolute atomic E-state index is 12.5. The molecule has 4 heterocycles. The van der Waals surface area contributed by atoms with Crippen molar-refractivity contribution in [1.82, 2.24) is 24.6 Å². The Kier molecular flexibility index (Phi) is 5.03. The van der Waals surface area contributed by atoms with Crippen molar-refractivity contribution in [3.05, 3.63) is 47.0 Å². The third-order valence-electron chi connectivity index (χ3n) is 5.58. The van der Waals surface area contributed by atoms with Crippen LogP contribution in [0.3, 0.4) is 0 Å². The standard InChI is InChI=1S/C20H25N5O2/c1-23-11-3-2-4-18(20(23)27)24-12-15(13-24)14-25-19(26)6-5-17(22-25)16-7-9-21-10-8-16/h5-10,15,18H,2-4,11-14H2,1H3. The largest absolute Gasteiger partial charge is 0.344 e. The summed E-state index contributed by atoms with van der Waals surface area (Å²) in [5.41, 5.74) is 1.63. The Bertz CT molecular complexity index is 860. The summed E-state index contributed by atoms with van der Waals surface area (Å²) in [6, 6.07) is 7.10. The number of amides is 1. The second kappa shape index (κ2) is 7.60. The van der Waals surface area contributed by atoms with Gasteiger partial charge < -0.3 is 4.90 Å². The van der Waals surface area contributed by atoms with Crippen LogP contribution in [0.2, 0.25) is 0 Å². The first-order valence-corrected chi connectivity index (χ1v) is 9.59. The number of pyridine rings is 1. The highest BCUT2D eigenvalue weighted by molar-refractivity contribution is 5.82. The summed E-state index contributed by atoms with van der Waals surface area (Å²) in [7, 11) is 1.89. The van der Waals surface area contributed by atoms with Gasteiger partial charge in [0.05, 0.1) is 18.3 Å². The van der Waals surface area contributed by atoms with Gasteiger partial charge in [0.15, 0.2) is 0 Å². The molecule has 27 heavy (non-hydrogen) atoms. The van der Waals surface area contributed by atoms with Crippen LogP contribution in [0.25, 0.3) is 11.3 Å². The lowest BCUT2D eigenvalue weighted by Gasteiger charge is -2.44. The number of likely N-dealkylation sites (N-methyl/N-ethyl adjacent to an activating group) is 1. The molecular formula is C20H25N5O2. The van der Waals surface area contributed by atoms with Gasteiger partial charge in [-0.3, -0.25) is 19.5 Å². The topological polar surface area (TPSA) is 71.3 Å². The highest BCUT2D eigenvalue weighted by atomic mass is 16.2. The molecule has 2 aliphatic heterocycles. The van der Waals surface area contributed by atoms with Gasteiger partial charge in [0.2, 0.25) is 5.91 Å². The van der Waals surface area contributed by atoms with E-state index < -0.39 is 0 Å². The van der Waals surface area contributed by atoms with Crippen LogP contribution in [-0.2, 0) is 11.3 Å². The number of carbonyl (C=O) groups excluding carboxylic acids is 1. The van der Waals surface area contributed by atoms with Gasteiger partial charge in [-0.2, -0.15) is 5.10 Å². The molecule has 0 aliphatic carbocycles. The quantitative estimate of drug-likeness (QED) is 0.813. The van der Waals surface area contributed by atoms with Crippen molar-refractivity contribution in [1.29, 1.82) is 0 Å². The number of rotatable bonds is 4. The van der Waals surface area contributed by atoms with Crippen molar-refractivity contribution < 1.29 is 4.79 Å². The van der Waals surface area contributed by atoms with E-state index in [-0.39, 0.29) is 17.5 Å². The number of carbonyl (C=O) groups is 1. The average Bonchev–Trinajstić information content (AvgIpc) is 2.82. The number of hydrogen-bond acceptors (Lipinski definition) is 5. The van der Waals surface area contributed by atoms with Crippen molar-refractivity contribution in [2.24, 2.45) is 5.92 Å². The molecule has 2 aliphatic rings. The van der Waals surface area contributed by atoms with Gasteiger partial charge in [-0.1, -0.05) is 0 Å². The third kappa shape index (κ3) is 3.78. The number of aromatic nitrogens is 3. The molecule has 0 spiro atoms. The average molecular weight is 367 g/mol. The molecule has 4 rings (SSSR count). The lowest BCUT2D eigenvalue weighted by atomic mass is 9.95. The Labute approximate surface area is 158 Å². The number of nitrogens with zero attached hydrogens (tertiary/aromatic N) is 5. The third-order valence-corrected chi connectivity index (χ3v) is 5.58.